The van der Waals surface area contributed by atoms with Crippen LogP contribution in [0, 0.1) is 12.3 Å². The monoisotopic (exact) mass is 320 g/mol. The van der Waals surface area contributed by atoms with Gasteiger partial charge in [0.15, 0.2) is 0 Å². The fourth-order valence-corrected chi connectivity index (χ4v) is 3.19. The molecule has 18 heavy (non-hydrogen) atoms. The van der Waals surface area contributed by atoms with E-state index in [-0.39, 0.29) is 5.84 Å². The first-order chi connectivity index (χ1) is 8.58. The molecule has 0 bridgehead atoms. The third-order valence-corrected chi connectivity index (χ3v) is 4.28. The first-order valence-corrected chi connectivity index (χ1v) is 7.06. The topological polar surface area (TPSA) is 49.9 Å². The van der Waals surface area contributed by atoms with Crippen LogP contribution in [0.25, 0.3) is 0 Å². The zero-order valence-electron chi connectivity index (χ0n) is 9.91. The third kappa shape index (κ3) is 2.94. The minimum Gasteiger partial charge on any atom is -0.384 e. The molecule has 2 aromatic carbocycles. The van der Waals surface area contributed by atoms with Gasteiger partial charge in [0.1, 0.15) is 5.84 Å². The molecular weight excluding hydrogens is 308 g/mol. The van der Waals surface area contributed by atoms with Crippen LogP contribution in [0.15, 0.2) is 56.7 Å². The highest BCUT2D eigenvalue weighted by Gasteiger charge is 2.09. The maximum absolute atomic E-state index is 7.62. The summed E-state index contributed by atoms with van der Waals surface area (Å²) in [6.07, 6.45) is 0. The van der Waals surface area contributed by atoms with Gasteiger partial charge in [-0.05, 0) is 36.8 Å². The van der Waals surface area contributed by atoms with Crippen molar-refractivity contribution in [3.63, 3.8) is 0 Å². The molecule has 0 aliphatic rings. The Kier molecular flexibility index (Phi) is 4.09. The number of halogens is 1. The molecule has 0 radical (unpaired) electrons. The smallest absolute Gasteiger partial charge is 0.123 e. The Hall–Kier alpha value is -1.26. The standard InChI is InChI=1S/C14H13BrN2S/c1-9-4-2-3-5-12(9)18-13-8-10(15)6-7-11(13)14(16)17/h2-8H,1H3,(H3,16,17). The minimum atomic E-state index is 0.0959. The SMILES string of the molecule is Cc1ccccc1Sc1cc(Br)ccc1C(=N)N. The van der Waals surface area contributed by atoms with Gasteiger partial charge in [-0.1, -0.05) is 45.9 Å². The van der Waals surface area contributed by atoms with Crippen LogP contribution in [0.3, 0.4) is 0 Å². The molecule has 0 saturated carbocycles. The summed E-state index contributed by atoms with van der Waals surface area (Å²) in [5.41, 5.74) is 7.60. The van der Waals surface area contributed by atoms with Crippen molar-refractivity contribution >= 4 is 33.5 Å². The molecule has 0 fully saturated rings. The van der Waals surface area contributed by atoms with Crippen molar-refractivity contribution in [3.05, 3.63) is 58.1 Å². The van der Waals surface area contributed by atoms with Crippen molar-refractivity contribution in [2.24, 2.45) is 5.73 Å². The third-order valence-electron chi connectivity index (χ3n) is 2.55. The second kappa shape index (κ2) is 5.59. The maximum atomic E-state index is 7.62. The Bertz CT molecular complexity index is 596. The quantitative estimate of drug-likeness (QED) is 0.658. The molecule has 2 aromatic rings. The molecule has 0 spiro atoms. The lowest BCUT2D eigenvalue weighted by atomic mass is 10.2. The van der Waals surface area contributed by atoms with E-state index in [0.29, 0.717) is 0 Å². The first-order valence-electron chi connectivity index (χ1n) is 5.45. The molecular formula is C14H13BrN2S. The van der Waals surface area contributed by atoms with Crippen molar-refractivity contribution in [3.8, 4) is 0 Å². The molecule has 0 aliphatic carbocycles. The number of aryl methyl sites for hydroxylation is 1. The largest absolute Gasteiger partial charge is 0.384 e. The van der Waals surface area contributed by atoms with E-state index in [0.717, 1.165) is 14.9 Å². The first kappa shape index (κ1) is 13.2. The average Bonchev–Trinajstić information content (AvgIpc) is 2.32. The van der Waals surface area contributed by atoms with E-state index in [1.54, 1.807) is 11.8 Å². The van der Waals surface area contributed by atoms with Crippen LogP contribution in [0.4, 0.5) is 0 Å². The predicted octanol–water partition coefficient (Wildman–Crippen LogP) is 4.19. The van der Waals surface area contributed by atoms with Crippen LogP contribution in [0.2, 0.25) is 0 Å². The van der Waals surface area contributed by atoms with Crippen molar-refractivity contribution < 1.29 is 0 Å². The van der Waals surface area contributed by atoms with Gasteiger partial charge in [-0.3, -0.25) is 5.41 Å². The van der Waals surface area contributed by atoms with Crippen LogP contribution in [-0.4, -0.2) is 5.84 Å². The number of rotatable bonds is 3. The lowest BCUT2D eigenvalue weighted by Crippen LogP contribution is -2.12. The molecule has 92 valence electrons. The lowest BCUT2D eigenvalue weighted by Gasteiger charge is -2.10. The minimum absolute atomic E-state index is 0.0959. The number of nitrogens with two attached hydrogens (primary N) is 1. The summed E-state index contributed by atoms with van der Waals surface area (Å²) in [4.78, 5) is 2.17. The summed E-state index contributed by atoms with van der Waals surface area (Å²) in [7, 11) is 0. The van der Waals surface area contributed by atoms with E-state index in [1.807, 2.05) is 30.3 Å². The van der Waals surface area contributed by atoms with Crippen LogP contribution in [0.1, 0.15) is 11.1 Å². The number of nitrogens with one attached hydrogen (secondary N) is 1. The van der Waals surface area contributed by atoms with E-state index >= 15 is 0 Å². The fraction of sp³-hybridized carbons (Fsp3) is 0.0714. The van der Waals surface area contributed by atoms with Crippen molar-refractivity contribution in [2.45, 2.75) is 16.7 Å². The molecule has 2 rings (SSSR count). The molecule has 0 aromatic heterocycles. The van der Waals surface area contributed by atoms with Gasteiger partial charge >= 0.3 is 0 Å². The predicted molar refractivity (Wildman–Crippen MR) is 80.5 cm³/mol. The summed E-state index contributed by atoms with van der Waals surface area (Å²) in [6, 6.07) is 13.9. The number of amidine groups is 1. The van der Waals surface area contributed by atoms with Crippen LogP contribution >= 0.6 is 27.7 Å². The van der Waals surface area contributed by atoms with Crippen LogP contribution in [-0.2, 0) is 0 Å². The van der Waals surface area contributed by atoms with Crippen molar-refractivity contribution in [1.29, 1.82) is 5.41 Å². The van der Waals surface area contributed by atoms with E-state index in [4.69, 9.17) is 11.1 Å². The normalized spacial score (nSPS) is 10.3. The van der Waals surface area contributed by atoms with Gasteiger partial charge in [0.05, 0.1) is 0 Å². The van der Waals surface area contributed by atoms with E-state index in [2.05, 4.69) is 35.0 Å². The molecule has 0 heterocycles. The number of hydrogen-bond donors (Lipinski definition) is 2. The van der Waals surface area contributed by atoms with Crippen LogP contribution < -0.4 is 5.73 Å². The summed E-state index contributed by atoms with van der Waals surface area (Å²) >= 11 is 5.09. The molecule has 0 unspecified atom stereocenters. The van der Waals surface area contributed by atoms with E-state index < -0.39 is 0 Å². The maximum Gasteiger partial charge on any atom is 0.123 e. The Morgan fingerprint density at radius 1 is 1.17 bits per heavy atom. The lowest BCUT2D eigenvalue weighted by molar-refractivity contribution is 1.28. The summed E-state index contributed by atoms with van der Waals surface area (Å²) < 4.78 is 0.989. The summed E-state index contributed by atoms with van der Waals surface area (Å²) in [6.45, 7) is 2.08. The number of hydrogen-bond acceptors (Lipinski definition) is 2. The van der Waals surface area contributed by atoms with Crippen molar-refractivity contribution in [1.82, 2.24) is 0 Å². The van der Waals surface area contributed by atoms with Gasteiger partial charge in [-0.15, -0.1) is 0 Å². The highest BCUT2D eigenvalue weighted by atomic mass is 79.9. The number of benzene rings is 2. The Morgan fingerprint density at radius 2 is 1.89 bits per heavy atom. The van der Waals surface area contributed by atoms with Crippen LogP contribution in [0.5, 0.6) is 0 Å². The Balaban J connectivity index is 2.42. The molecule has 4 heteroatoms. The van der Waals surface area contributed by atoms with Gasteiger partial charge in [0, 0.05) is 19.8 Å². The van der Waals surface area contributed by atoms with Gasteiger partial charge in [0.2, 0.25) is 0 Å². The molecule has 0 atom stereocenters. The highest BCUT2D eigenvalue weighted by molar-refractivity contribution is 9.10. The van der Waals surface area contributed by atoms with Gasteiger partial charge < -0.3 is 5.73 Å². The Labute approximate surface area is 119 Å². The summed E-state index contributed by atoms with van der Waals surface area (Å²) in [5.74, 6) is 0.0959. The van der Waals surface area contributed by atoms with Crippen molar-refractivity contribution in [2.75, 3.05) is 0 Å². The molecule has 0 aliphatic heterocycles. The molecule has 0 saturated heterocycles. The van der Waals surface area contributed by atoms with Gasteiger partial charge in [-0.25, -0.2) is 0 Å². The molecule has 3 N–H and O–H groups in total. The molecule has 2 nitrogen and oxygen atoms in total. The number of nitrogen functional groups attached to an aromatic ring is 1. The second-order valence-corrected chi connectivity index (χ2v) is 5.92. The average molecular weight is 321 g/mol. The molecule has 0 amide bonds. The van der Waals surface area contributed by atoms with E-state index in [9.17, 15) is 0 Å². The highest BCUT2D eigenvalue weighted by Crippen LogP contribution is 2.34. The zero-order valence-corrected chi connectivity index (χ0v) is 12.3. The fourth-order valence-electron chi connectivity index (χ4n) is 1.59. The van der Waals surface area contributed by atoms with Gasteiger partial charge in [-0.2, -0.15) is 0 Å². The second-order valence-electron chi connectivity index (χ2n) is 3.92. The zero-order chi connectivity index (χ0) is 13.1. The Morgan fingerprint density at radius 3 is 2.56 bits per heavy atom. The van der Waals surface area contributed by atoms with E-state index in [1.165, 1.54) is 10.5 Å². The summed E-state index contributed by atoms with van der Waals surface area (Å²) in [5, 5.41) is 7.62. The van der Waals surface area contributed by atoms with Gasteiger partial charge in [0.25, 0.3) is 0 Å².